The molecule has 38 heavy (non-hydrogen) atoms. The van der Waals surface area contributed by atoms with Crippen molar-refractivity contribution in [1.29, 1.82) is 0 Å². The summed E-state index contributed by atoms with van der Waals surface area (Å²) in [6.07, 6.45) is -2.64. The van der Waals surface area contributed by atoms with E-state index in [9.17, 15) is 42.3 Å². The molecule has 0 aromatic carbocycles. The van der Waals surface area contributed by atoms with Gasteiger partial charge in [0.25, 0.3) is 0 Å². The van der Waals surface area contributed by atoms with Gasteiger partial charge in [0.15, 0.2) is 11.2 Å². The summed E-state index contributed by atoms with van der Waals surface area (Å²) in [7, 11) is 0. The van der Waals surface area contributed by atoms with Gasteiger partial charge in [-0.2, -0.15) is 0 Å². The molecule has 0 amide bonds. The van der Waals surface area contributed by atoms with Crippen molar-refractivity contribution in [2.24, 2.45) is 11.8 Å². The summed E-state index contributed by atoms with van der Waals surface area (Å²) in [5, 5.41) is 70.5. The van der Waals surface area contributed by atoms with E-state index in [1.165, 1.54) is 13.8 Å². The molecule has 8 N–H and O–H groups in total. The van der Waals surface area contributed by atoms with Crippen LogP contribution in [0.4, 0.5) is 0 Å². The normalized spacial score (nSPS) is 14.9. The molecule has 17 nitrogen and oxygen atoms in total. The Morgan fingerprint density at radius 1 is 0.632 bits per heavy atom. The minimum absolute atomic E-state index is 0.175. The molecule has 0 aromatic heterocycles. The third-order valence-electron chi connectivity index (χ3n) is 4.67. The van der Waals surface area contributed by atoms with Gasteiger partial charge in [-0.1, -0.05) is 13.8 Å². The molecule has 4 atom stereocenters. The molecule has 0 aliphatic carbocycles. The Hall–Kier alpha value is -2.83. The first-order valence-corrected chi connectivity index (χ1v) is 12.8. The summed E-state index contributed by atoms with van der Waals surface area (Å²) in [5.41, 5.74) is -5.54. The van der Waals surface area contributed by atoms with E-state index in [1.807, 2.05) is 0 Å². The van der Waals surface area contributed by atoms with Crippen LogP contribution in [0.5, 0.6) is 0 Å². The molecule has 4 unspecified atom stereocenters. The monoisotopic (exact) mass is 594 g/mol. The van der Waals surface area contributed by atoms with Gasteiger partial charge < -0.3 is 40.9 Å². The zero-order chi connectivity index (χ0) is 30.9. The van der Waals surface area contributed by atoms with Gasteiger partial charge in [-0.15, -0.1) is 0 Å². The van der Waals surface area contributed by atoms with Gasteiger partial charge in [0.1, 0.15) is 0 Å². The topological polar surface area (TPSA) is 300 Å². The molecule has 0 bridgehead atoms. The van der Waals surface area contributed by atoms with E-state index >= 15 is 0 Å². The molecule has 18 heteroatoms. The van der Waals surface area contributed by atoms with Gasteiger partial charge in [0.05, 0.1) is 24.7 Å². The average molecular weight is 594 g/mol. The molecule has 0 spiro atoms. The molecule has 0 fully saturated rings. The molecule has 0 radical (unpaired) electrons. The van der Waals surface area contributed by atoms with Crippen molar-refractivity contribution in [3.63, 3.8) is 0 Å². The second-order valence-corrected chi connectivity index (χ2v) is 9.00. The molecular formula is C20H34O17Ti. The number of hydrogen-bond acceptors (Lipinski definition) is 11. The van der Waals surface area contributed by atoms with Crippen LogP contribution in [0, 0.1) is 11.8 Å². The quantitative estimate of drug-likeness (QED) is 0.106. The SMILES string of the molecule is CCC(C(=O)O)C(O)(CC(=O)O)C(=O)O.CCC(C(=O)O)C(O)(CC(=O)O)C(=O)O.CC[O][Ti](=[O])[O]CC. The maximum absolute atomic E-state index is 10.7. The summed E-state index contributed by atoms with van der Waals surface area (Å²) >= 11 is -2.69. The van der Waals surface area contributed by atoms with Crippen molar-refractivity contribution in [3.05, 3.63) is 0 Å². The van der Waals surface area contributed by atoms with Crippen LogP contribution in [0.2, 0.25) is 0 Å². The summed E-state index contributed by atoms with van der Waals surface area (Å²) < 4.78 is 19.8. The van der Waals surface area contributed by atoms with Crippen molar-refractivity contribution in [2.45, 2.75) is 64.6 Å². The van der Waals surface area contributed by atoms with Gasteiger partial charge in [-0.3, -0.25) is 19.2 Å². The number of rotatable bonds is 16. The molecule has 0 aliphatic rings. The Morgan fingerprint density at radius 3 is 1.03 bits per heavy atom. The van der Waals surface area contributed by atoms with E-state index in [4.69, 9.17) is 30.6 Å². The van der Waals surface area contributed by atoms with E-state index in [2.05, 4.69) is 6.64 Å². The van der Waals surface area contributed by atoms with E-state index in [-0.39, 0.29) is 12.8 Å². The van der Waals surface area contributed by atoms with E-state index < -0.39 is 90.3 Å². The third-order valence-corrected chi connectivity index (χ3v) is 6.31. The first-order valence-electron chi connectivity index (χ1n) is 10.9. The number of carboxylic acid groups (broad SMARTS) is 6. The fraction of sp³-hybridized carbons (Fsp3) is 0.700. The van der Waals surface area contributed by atoms with Crippen LogP contribution < -0.4 is 0 Å². The number of aliphatic carboxylic acids is 6. The Balaban J connectivity index is -0.000000508. The van der Waals surface area contributed by atoms with Crippen molar-refractivity contribution in [2.75, 3.05) is 13.2 Å². The van der Waals surface area contributed by atoms with Crippen molar-refractivity contribution >= 4 is 35.8 Å². The Bertz CT molecular complexity index is 777. The van der Waals surface area contributed by atoms with Crippen LogP contribution >= 0.6 is 0 Å². The van der Waals surface area contributed by atoms with E-state index in [0.717, 1.165) is 0 Å². The van der Waals surface area contributed by atoms with Crippen LogP contribution in [0.15, 0.2) is 0 Å². The molecule has 0 saturated carbocycles. The summed E-state index contributed by atoms with van der Waals surface area (Å²) in [4.78, 5) is 63.4. The average Bonchev–Trinajstić information content (AvgIpc) is 2.74. The molecular weight excluding hydrogens is 560 g/mol. The predicted molar refractivity (Wildman–Crippen MR) is 116 cm³/mol. The van der Waals surface area contributed by atoms with Crippen LogP contribution in [-0.2, 0) is 57.3 Å². The van der Waals surface area contributed by atoms with Gasteiger partial charge in [-0.05, 0) is 12.8 Å². The summed E-state index contributed by atoms with van der Waals surface area (Å²) in [5.74, 6) is -13.2. The molecule has 0 saturated heterocycles. The zero-order valence-corrected chi connectivity index (χ0v) is 22.7. The van der Waals surface area contributed by atoms with Crippen LogP contribution in [0.3, 0.4) is 0 Å². The van der Waals surface area contributed by atoms with E-state index in [1.54, 1.807) is 13.8 Å². The first-order chi connectivity index (χ1) is 17.3. The van der Waals surface area contributed by atoms with Crippen molar-refractivity contribution in [3.8, 4) is 0 Å². The summed E-state index contributed by atoms with van der Waals surface area (Å²) in [6, 6.07) is 0. The van der Waals surface area contributed by atoms with E-state index in [0.29, 0.717) is 13.2 Å². The van der Waals surface area contributed by atoms with Crippen LogP contribution in [0.25, 0.3) is 0 Å². The zero-order valence-electron chi connectivity index (χ0n) is 21.1. The number of carbonyl (C=O) groups is 6. The van der Waals surface area contributed by atoms with Gasteiger partial charge >= 0.3 is 91.5 Å². The van der Waals surface area contributed by atoms with Gasteiger partial charge in [0, 0.05) is 0 Å². The summed E-state index contributed by atoms with van der Waals surface area (Å²) in [6.45, 7) is 7.27. The number of aliphatic hydroxyl groups is 2. The minimum atomic E-state index is -2.77. The maximum atomic E-state index is 10.7. The molecule has 220 valence electrons. The molecule has 0 aromatic rings. The fourth-order valence-corrected chi connectivity index (χ4v) is 3.73. The number of carboxylic acids is 6. The number of hydrogen-bond donors (Lipinski definition) is 8. The van der Waals surface area contributed by atoms with Gasteiger partial charge in [-0.25, -0.2) is 9.59 Å². The fourth-order valence-electron chi connectivity index (χ4n) is 2.87. The Morgan fingerprint density at radius 2 is 0.895 bits per heavy atom. The predicted octanol–water partition coefficient (Wildman–Crippen LogP) is -0.372. The molecule has 0 rings (SSSR count). The first kappa shape index (κ1) is 39.7. The van der Waals surface area contributed by atoms with Crippen molar-refractivity contribution < 1.29 is 98.2 Å². The second-order valence-electron chi connectivity index (χ2n) is 7.31. The van der Waals surface area contributed by atoms with Crippen LogP contribution in [0.1, 0.15) is 53.4 Å². The molecule has 0 aliphatic heterocycles. The third kappa shape index (κ3) is 14.2. The van der Waals surface area contributed by atoms with Gasteiger partial charge in [0.2, 0.25) is 0 Å². The molecule has 0 heterocycles. The second kappa shape index (κ2) is 19.3. The standard InChI is InChI=1S/2C8H12O7.2C2H5O.O.Ti/c2*1-2-4(6(11)12)8(15,7(13)14)3-5(9)10;2*1-2-3;;/h2*4,15H,2-3H2,1H3,(H,9,10)(H,11,12)(H,13,14);2*2H2,1H3;;/q;;2*-1;;+2. The Kier molecular flexibility index (Phi) is 20.1. The Labute approximate surface area is 223 Å². The van der Waals surface area contributed by atoms with Crippen LogP contribution in [-0.4, -0.2) is 101 Å². The van der Waals surface area contributed by atoms with Crippen molar-refractivity contribution in [1.82, 2.24) is 0 Å².